The van der Waals surface area contributed by atoms with Crippen LogP contribution in [0.5, 0.6) is 5.75 Å². The molecule has 0 radical (unpaired) electrons. The molecular weight excluding hydrogens is 254 g/mol. The molecule has 5 heteroatoms. The molecule has 0 fully saturated rings. The number of aryl methyl sites for hydroxylation is 2. The topological polar surface area (TPSA) is 57.0 Å². The Bertz CT molecular complexity index is 605. The lowest BCUT2D eigenvalue weighted by Gasteiger charge is -2.06. The first-order valence-electron chi connectivity index (χ1n) is 6.88. The Balaban J connectivity index is 2.35. The fourth-order valence-corrected chi connectivity index (χ4v) is 2.00. The van der Waals surface area contributed by atoms with Gasteiger partial charge in [-0.1, -0.05) is 6.92 Å². The molecule has 0 aromatic carbocycles. The van der Waals surface area contributed by atoms with Crippen LogP contribution in [0.15, 0.2) is 24.5 Å². The number of aromatic nitrogens is 3. The zero-order valence-electron chi connectivity index (χ0n) is 12.1. The van der Waals surface area contributed by atoms with E-state index < -0.39 is 0 Å². The summed E-state index contributed by atoms with van der Waals surface area (Å²) in [5, 5.41) is 4.40. The van der Waals surface area contributed by atoms with Gasteiger partial charge in [-0.3, -0.25) is 14.5 Å². The molecule has 0 N–H and O–H groups in total. The predicted molar refractivity (Wildman–Crippen MR) is 76.1 cm³/mol. The first-order chi connectivity index (χ1) is 9.69. The van der Waals surface area contributed by atoms with Crippen molar-refractivity contribution in [2.75, 3.05) is 6.61 Å². The highest BCUT2D eigenvalue weighted by molar-refractivity contribution is 6.08. The second-order valence-electron chi connectivity index (χ2n) is 4.36. The van der Waals surface area contributed by atoms with Crippen molar-refractivity contribution in [3.05, 3.63) is 41.5 Å². The standard InChI is InChI=1S/C15H19N3O2/c1-4-12-8-14(18(5-2)17-12)15(19)11-7-13(20-6-3)10-16-9-11/h7-10H,4-6H2,1-3H3. The molecule has 2 rings (SSSR count). The maximum absolute atomic E-state index is 12.6. The molecule has 0 atom stereocenters. The van der Waals surface area contributed by atoms with Gasteiger partial charge in [-0.25, -0.2) is 0 Å². The van der Waals surface area contributed by atoms with E-state index in [1.54, 1.807) is 23.1 Å². The quantitative estimate of drug-likeness (QED) is 0.759. The van der Waals surface area contributed by atoms with E-state index in [4.69, 9.17) is 4.74 Å². The Kier molecular flexibility index (Phi) is 4.50. The third-order valence-electron chi connectivity index (χ3n) is 3.01. The summed E-state index contributed by atoms with van der Waals surface area (Å²) < 4.78 is 7.11. The summed E-state index contributed by atoms with van der Waals surface area (Å²) in [6.45, 7) is 7.10. The average molecular weight is 273 g/mol. The second kappa shape index (κ2) is 6.32. The van der Waals surface area contributed by atoms with Crippen LogP contribution in [-0.4, -0.2) is 27.2 Å². The molecule has 2 aromatic rings. The molecule has 2 heterocycles. The highest BCUT2D eigenvalue weighted by atomic mass is 16.5. The van der Waals surface area contributed by atoms with Crippen molar-refractivity contribution < 1.29 is 9.53 Å². The largest absolute Gasteiger partial charge is 0.492 e. The summed E-state index contributed by atoms with van der Waals surface area (Å²) in [6.07, 6.45) is 3.98. The summed E-state index contributed by atoms with van der Waals surface area (Å²) in [4.78, 5) is 16.6. The molecule has 0 saturated carbocycles. The Hall–Kier alpha value is -2.17. The average Bonchev–Trinajstić information content (AvgIpc) is 2.90. The summed E-state index contributed by atoms with van der Waals surface area (Å²) in [6, 6.07) is 3.57. The molecule has 0 aliphatic carbocycles. The van der Waals surface area contributed by atoms with Crippen molar-refractivity contribution in [2.45, 2.75) is 33.7 Å². The minimum Gasteiger partial charge on any atom is -0.492 e. The van der Waals surface area contributed by atoms with Gasteiger partial charge in [0.15, 0.2) is 0 Å². The van der Waals surface area contributed by atoms with E-state index in [9.17, 15) is 4.79 Å². The molecule has 20 heavy (non-hydrogen) atoms. The number of carbonyl (C=O) groups is 1. The van der Waals surface area contributed by atoms with Crippen LogP contribution in [0, 0.1) is 0 Å². The zero-order valence-corrected chi connectivity index (χ0v) is 12.1. The van der Waals surface area contributed by atoms with Crippen LogP contribution < -0.4 is 4.74 Å². The van der Waals surface area contributed by atoms with Gasteiger partial charge in [-0.2, -0.15) is 5.10 Å². The van der Waals surface area contributed by atoms with E-state index in [-0.39, 0.29) is 5.78 Å². The highest BCUT2D eigenvalue weighted by Gasteiger charge is 2.16. The molecule has 0 saturated heterocycles. The first kappa shape index (κ1) is 14.2. The maximum atomic E-state index is 12.6. The lowest BCUT2D eigenvalue weighted by molar-refractivity contribution is 0.102. The van der Waals surface area contributed by atoms with Gasteiger partial charge in [-0.05, 0) is 32.4 Å². The number of hydrogen-bond donors (Lipinski definition) is 0. The van der Waals surface area contributed by atoms with Gasteiger partial charge in [0.05, 0.1) is 18.5 Å². The fourth-order valence-electron chi connectivity index (χ4n) is 2.00. The lowest BCUT2D eigenvalue weighted by Crippen LogP contribution is -2.11. The number of rotatable bonds is 6. The number of carbonyl (C=O) groups excluding carboxylic acids is 1. The number of nitrogens with zero attached hydrogens (tertiary/aromatic N) is 3. The van der Waals surface area contributed by atoms with Crippen molar-refractivity contribution in [1.29, 1.82) is 0 Å². The van der Waals surface area contributed by atoms with Gasteiger partial charge in [0, 0.05) is 18.3 Å². The van der Waals surface area contributed by atoms with Crippen molar-refractivity contribution in [2.24, 2.45) is 0 Å². The van der Waals surface area contributed by atoms with Crippen LogP contribution in [0.2, 0.25) is 0 Å². The van der Waals surface area contributed by atoms with Crippen LogP contribution in [-0.2, 0) is 13.0 Å². The SMILES string of the molecule is CCOc1cncc(C(=O)c2cc(CC)nn2CC)c1. The predicted octanol–water partition coefficient (Wildman–Crippen LogP) is 2.49. The summed E-state index contributed by atoms with van der Waals surface area (Å²) in [5.41, 5.74) is 2.04. The number of ketones is 1. The lowest BCUT2D eigenvalue weighted by atomic mass is 10.1. The fraction of sp³-hybridized carbons (Fsp3) is 0.400. The minimum atomic E-state index is -0.0758. The van der Waals surface area contributed by atoms with Crippen LogP contribution >= 0.6 is 0 Å². The van der Waals surface area contributed by atoms with Crippen molar-refractivity contribution in [3.63, 3.8) is 0 Å². The summed E-state index contributed by atoms with van der Waals surface area (Å²) in [5.74, 6) is 0.532. The molecule has 5 nitrogen and oxygen atoms in total. The highest BCUT2D eigenvalue weighted by Crippen LogP contribution is 2.16. The van der Waals surface area contributed by atoms with Gasteiger partial charge in [0.2, 0.25) is 5.78 Å². The number of hydrogen-bond acceptors (Lipinski definition) is 4. The van der Waals surface area contributed by atoms with Crippen LogP contribution in [0.3, 0.4) is 0 Å². The molecule has 2 aromatic heterocycles. The first-order valence-corrected chi connectivity index (χ1v) is 6.88. The van der Waals surface area contributed by atoms with Crippen molar-refractivity contribution in [1.82, 2.24) is 14.8 Å². The summed E-state index contributed by atoms with van der Waals surface area (Å²) >= 11 is 0. The van der Waals surface area contributed by atoms with E-state index in [1.165, 1.54) is 0 Å². The monoisotopic (exact) mass is 273 g/mol. The molecule has 0 amide bonds. The Labute approximate surface area is 118 Å². The third-order valence-corrected chi connectivity index (χ3v) is 3.01. The maximum Gasteiger partial charge on any atom is 0.212 e. The summed E-state index contributed by atoms with van der Waals surface area (Å²) in [7, 11) is 0. The smallest absolute Gasteiger partial charge is 0.212 e. The van der Waals surface area contributed by atoms with Gasteiger partial charge in [0.1, 0.15) is 11.4 Å². The second-order valence-corrected chi connectivity index (χ2v) is 4.36. The zero-order chi connectivity index (χ0) is 14.5. The Morgan fingerprint density at radius 3 is 2.70 bits per heavy atom. The minimum absolute atomic E-state index is 0.0758. The molecule has 0 unspecified atom stereocenters. The Morgan fingerprint density at radius 1 is 1.25 bits per heavy atom. The molecule has 0 spiro atoms. The van der Waals surface area contributed by atoms with Crippen LogP contribution in [0.4, 0.5) is 0 Å². The molecule has 0 bridgehead atoms. The van der Waals surface area contributed by atoms with Gasteiger partial charge in [-0.15, -0.1) is 0 Å². The molecular formula is C15H19N3O2. The molecule has 0 aliphatic heterocycles. The number of pyridine rings is 1. The number of ether oxygens (including phenoxy) is 1. The molecule has 106 valence electrons. The van der Waals surface area contributed by atoms with Gasteiger partial charge in [0.25, 0.3) is 0 Å². The van der Waals surface area contributed by atoms with E-state index in [1.807, 2.05) is 26.8 Å². The van der Waals surface area contributed by atoms with Crippen molar-refractivity contribution in [3.8, 4) is 5.75 Å². The molecule has 0 aliphatic rings. The van der Waals surface area contributed by atoms with E-state index in [0.717, 1.165) is 12.1 Å². The Morgan fingerprint density at radius 2 is 2.05 bits per heavy atom. The van der Waals surface area contributed by atoms with Crippen LogP contribution in [0.1, 0.15) is 42.5 Å². The third kappa shape index (κ3) is 2.87. The van der Waals surface area contributed by atoms with E-state index in [2.05, 4.69) is 10.1 Å². The van der Waals surface area contributed by atoms with Crippen LogP contribution in [0.25, 0.3) is 0 Å². The van der Waals surface area contributed by atoms with Gasteiger partial charge < -0.3 is 4.74 Å². The van der Waals surface area contributed by atoms with E-state index in [0.29, 0.717) is 30.2 Å². The van der Waals surface area contributed by atoms with Gasteiger partial charge >= 0.3 is 0 Å². The van der Waals surface area contributed by atoms with E-state index >= 15 is 0 Å². The van der Waals surface area contributed by atoms with Crippen molar-refractivity contribution >= 4 is 5.78 Å². The normalized spacial score (nSPS) is 10.6.